The molecule has 0 spiro atoms. The number of hydrogen-bond acceptors (Lipinski definition) is 0. The van der Waals surface area contributed by atoms with Gasteiger partial charge in [-0.3, -0.25) is 0 Å². The van der Waals surface area contributed by atoms with E-state index >= 15 is 0 Å². The van der Waals surface area contributed by atoms with E-state index in [9.17, 15) is 22.0 Å². The van der Waals surface area contributed by atoms with Crippen molar-refractivity contribution >= 4 is 15.9 Å². The van der Waals surface area contributed by atoms with Crippen molar-refractivity contribution in [3.05, 3.63) is 34.6 Å². The molecule has 1 aromatic rings. The Hall–Kier alpha value is -1.09. The average molecular weight is 271 g/mol. The molecule has 0 atom stereocenters. The van der Waals surface area contributed by atoms with Gasteiger partial charge in [0.1, 0.15) is 5.56 Å². The maximum Gasteiger partial charge on any atom is 0.200 e. The fourth-order valence-corrected chi connectivity index (χ4v) is 0.960. The van der Waals surface area contributed by atoms with E-state index in [1.54, 1.807) is 5.92 Å². The molecule has 0 aliphatic heterocycles. The Morgan fingerprint density at radius 1 is 0.714 bits per heavy atom. The zero-order valence-corrected chi connectivity index (χ0v) is 7.85. The van der Waals surface area contributed by atoms with Gasteiger partial charge in [-0.2, -0.15) is 0 Å². The van der Waals surface area contributed by atoms with E-state index in [2.05, 4.69) is 15.9 Å². The van der Waals surface area contributed by atoms with Crippen LogP contribution in [0.3, 0.4) is 0 Å². The molecule has 0 amide bonds. The minimum absolute atomic E-state index is 1.15. The summed E-state index contributed by atoms with van der Waals surface area (Å²) in [6.07, 6.45) is 0. The summed E-state index contributed by atoms with van der Waals surface area (Å²) < 4.78 is 62.9. The lowest BCUT2D eigenvalue weighted by molar-refractivity contribution is 0.376. The maximum absolute atomic E-state index is 12.7. The Bertz CT molecular complexity index is 414. The minimum atomic E-state index is -2.19. The van der Waals surface area contributed by atoms with Crippen LogP contribution in [-0.4, -0.2) is 0 Å². The van der Waals surface area contributed by atoms with Crippen LogP contribution in [0.15, 0.2) is 0 Å². The van der Waals surface area contributed by atoms with Crippen LogP contribution in [0, 0.1) is 39.8 Å². The van der Waals surface area contributed by atoms with E-state index < -0.39 is 34.6 Å². The third kappa shape index (κ3) is 1.60. The molecule has 6 heteroatoms. The largest absolute Gasteiger partial charge is 0.202 e. The van der Waals surface area contributed by atoms with Crippen molar-refractivity contribution in [3.8, 4) is 10.8 Å². The summed E-state index contributed by atoms with van der Waals surface area (Å²) in [5.74, 6) is -8.36. The second kappa shape index (κ2) is 3.96. The van der Waals surface area contributed by atoms with Gasteiger partial charge in [0, 0.05) is 15.9 Å². The van der Waals surface area contributed by atoms with Crippen LogP contribution in [0.4, 0.5) is 22.0 Å². The molecule has 1 rings (SSSR count). The van der Waals surface area contributed by atoms with Crippen LogP contribution < -0.4 is 0 Å². The first-order valence-corrected chi connectivity index (χ1v) is 3.93. The minimum Gasteiger partial charge on any atom is -0.202 e. The van der Waals surface area contributed by atoms with Crippen molar-refractivity contribution in [1.82, 2.24) is 0 Å². The van der Waals surface area contributed by atoms with Crippen LogP contribution in [0.1, 0.15) is 5.56 Å². The van der Waals surface area contributed by atoms with Gasteiger partial charge in [-0.15, -0.1) is 0 Å². The maximum atomic E-state index is 12.7. The van der Waals surface area contributed by atoms with Crippen LogP contribution in [-0.2, 0) is 0 Å². The zero-order valence-electron chi connectivity index (χ0n) is 6.27. The summed E-state index contributed by atoms with van der Waals surface area (Å²) in [4.78, 5) is 1.87. The Balaban J connectivity index is 3.65. The Labute approximate surface area is 83.9 Å². The number of hydrogen-bond donors (Lipinski definition) is 0. The lowest BCUT2D eigenvalue weighted by atomic mass is 10.2. The van der Waals surface area contributed by atoms with Gasteiger partial charge >= 0.3 is 0 Å². The quantitative estimate of drug-likeness (QED) is 0.294. The molecular formula is C8BrF5. The lowest BCUT2D eigenvalue weighted by Crippen LogP contribution is -2.04. The molecular weight excluding hydrogens is 271 g/mol. The molecule has 0 fully saturated rings. The van der Waals surface area contributed by atoms with E-state index in [0.717, 1.165) is 0 Å². The SMILES string of the molecule is Fc1c(F)c(F)c(C#CBr)c(F)c1F. The lowest BCUT2D eigenvalue weighted by Gasteiger charge is -2.01. The van der Waals surface area contributed by atoms with Crippen LogP contribution >= 0.6 is 15.9 Å². The van der Waals surface area contributed by atoms with Gasteiger partial charge in [-0.25, -0.2) is 22.0 Å². The Morgan fingerprint density at radius 3 is 1.43 bits per heavy atom. The van der Waals surface area contributed by atoms with Crippen LogP contribution in [0.2, 0.25) is 0 Å². The van der Waals surface area contributed by atoms with E-state index in [4.69, 9.17) is 0 Å². The highest BCUT2D eigenvalue weighted by molar-refractivity contribution is 9.12. The fourth-order valence-electron chi connectivity index (χ4n) is 0.762. The summed E-state index contributed by atoms with van der Waals surface area (Å²) in [5.41, 5.74) is -1.15. The normalized spacial score (nSPS) is 9.57. The molecule has 0 aliphatic carbocycles. The molecule has 0 heterocycles. The van der Waals surface area contributed by atoms with Crippen molar-refractivity contribution in [2.45, 2.75) is 0 Å². The topological polar surface area (TPSA) is 0 Å². The molecule has 0 unspecified atom stereocenters. The standard InChI is InChI=1S/C8BrF5/c9-2-1-3-4(10)6(12)8(14)7(13)5(3)11. The summed E-state index contributed by atoms with van der Waals surface area (Å²) in [6.45, 7) is 0. The van der Waals surface area contributed by atoms with Gasteiger partial charge in [0.25, 0.3) is 0 Å². The van der Waals surface area contributed by atoms with Crippen molar-refractivity contribution in [2.75, 3.05) is 0 Å². The summed E-state index contributed by atoms with van der Waals surface area (Å²) in [7, 11) is 0. The van der Waals surface area contributed by atoms with Gasteiger partial charge < -0.3 is 0 Å². The van der Waals surface area contributed by atoms with Crippen molar-refractivity contribution < 1.29 is 22.0 Å². The molecule has 74 valence electrons. The molecule has 0 aliphatic rings. The predicted octanol–water partition coefficient (Wildman–Crippen LogP) is 3.09. The summed E-state index contributed by atoms with van der Waals surface area (Å²) in [5, 5.41) is 0. The van der Waals surface area contributed by atoms with Crippen molar-refractivity contribution in [2.24, 2.45) is 0 Å². The second-order valence-corrected chi connectivity index (χ2v) is 2.56. The molecule has 0 N–H and O–H groups in total. The number of rotatable bonds is 0. The molecule has 0 saturated heterocycles. The van der Waals surface area contributed by atoms with Crippen molar-refractivity contribution in [1.29, 1.82) is 0 Å². The molecule has 14 heavy (non-hydrogen) atoms. The highest BCUT2D eigenvalue weighted by atomic mass is 79.9. The van der Waals surface area contributed by atoms with Crippen LogP contribution in [0.5, 0.6) is 0 Å². The fraction of sp³-hybridized carbons (Fsp3) is 0. The first-order valence-electron chi connectivity index (χ1n) is 3.13. The van der Waals surface area contributed by atoms with Gasteiger partial charge in [0.2, 0.25) is 5.82 Å². The van der Waals surface area contributed by atoms with Gasteiger partial charge in [-0.1, -0.05) is 0 Å². The van der Waals surface area contributed by atoms with Crippen LogP contribution in [0.25, 0.3) is 0 Å². The number of halogens is 6. The summed E-state index contributed by atoms with van der Waals surface area (Å²) >= 11 is 2.49. The third-order valence-electron chi connectivity index (χ3n) is 1.38. The zero-order chi connectivity index (χ0) is 10.9. The van der Waals surface area contributed by atoms with E-state index in [1.807, 2.05) is 4.83 Å². The van der Waals surface area contributed by atoms with Gasteiger partial charge in [-0.05, 0) is 10.8 Å². The molecule has 1 aromatic carbocycles. The predicted molar refractivity (Wildman–Crippen MR) is 42.0 cm³/mol. The van der Waals surface area contributed by atoms with Crippen molar-refractivity contribution in [3.63, 3.8) is 0 Å². The first-order chi connectivity index (χ1) is 6.50. The van der Waals surface area contributed by atoms with Gasteiger partial charge in [0.05, 0.1) is 0 Å². The molecule has 0 aromatic heterocycles. The van der Waals surface area contributed by atoms with E-state index in [0.29, 0.717) is 0 Å². The highest BCUT2D eigenvalue weighted by Crippen LogP contribution is 2.22. The molecule has 0 radical (unpaired) electrons. The summed E-state index contributed by atoms with van der Waals surface area (Å²) in [6, 6.07) is 0. The Morgan fingerprint density at radius 2 is 1.07 bits per heavy atom. The number of benzene rings is 1. The second-order valence-electron chi connectivity index (χ2n) is 2.16. The average Bonchev–Trinajstić information content (AvgIpc) is 2.19. The third-order valence-corrected chi connectivity index (χ3v) is 1.58. The first kappa shape index (κ1) is 11.0. The van der Waals surface area contributed by atoms with E-state index in [-0.39, 0.29) is 0 Å². The molecule has 0 nitrogen and oxygen atoms in total. The Kier molecular flexibility index (Phi) is 3.11. The molecule has 0 bridgehead atoms. The highest BCUT2D eigenvalue weighted by Gasteiger charge is 2.24. The van der Waals surface area contributed by atoms with E-state index in [1.165, 1.54) is 0 Å². The molecule has 0 saturated carbocycles. The van der Waals surface area contributed by atoms with Gasteiger partial charge in [0.15, 0.2) is 23.3 Å². The monoisotopic (exact) mass is 270 g/mol. The smallest absolute Gasteiger partial charge is 0.200 e.